The molecule has 0 radical (unpaired) electrons. The largest absolute Gasteiger partial charge is 0.290 e. The predicted octanol–water partition coefficient (Wildman–Crippen LogP) is -0.0613. The van der Waals surface area contributed by atoms with Crippen LogP contribution < -0.4 is 0 Å². The third-order valence-electron chi connectivity index (χ3n) is 2.10. The van der Waals surface area contributed by atoms with Gasteiger partial charge in [-0.25, -0.2) is 0 Å². The molecule has 0 bridgehead atoms. The molecular formula is C9H10O4. The third-order valence-corrected chi connectivity index (χ3v) is 2.10. The second-order valence-electron chi connectivity index (χ2n) is 3.47. The van der Waals surface area contributed by atoms with Gasteiger partial charge >= 0.3 is 0 Å². The van der Waals surface area contributed by atoms with E-state index >= 15 is 0 Å². The molecular weight excluding hydrogens is 172 g/mol. The minimum atomic E-state index is -1.03. The van der Waals surface area contributed by atoms with E-state index in [1.807, 2.05) is 0 Å². The minimum Gasteiger partial charge on any atom is -0.290 e. The highest BCUT2D eigenvalue weighted by Gasteiger charge is 2.42. The molecule has 13 heavy (non-hydrogen) atoms. The van der Waals surface area contributed by atoms with Gasteiger partial charge in [-0.1, -0.05) is 13.8 Å². The molecule has 0 aliphatic heterocycles. The molecule has 0 N–H and O–H groups in total. The number of rotatable bonds is 1. The summed E-state index contributed by atoms with van der Waals surface area (Å²) in [5.41, 5.74) is 0. The molecule has 1 aliphatic rings. The fourth-order valence-electron chi connectivity index (χ4n) is 1.39. The zero-order chi connectivity index (χ0) is 10.2. The lowest BCUT2D eigenvalue weighted by molar-refractivity contribution is -0.153. The number of Topliss-reactive ketones (excluding diaryl/α,β-unsaturated/α-hetero) is 4. The van der Waals surface area contributed by atoms with Gasteiger partial charge < -0.3 is 0 Å². The Balaban J connectivity index is 3.02. The van der Waals surface area contributed by atoms with Crippen molar-refractivity contribution in [1.29, 1.82) is 0 Å². The van der Waals surface area contributed by atoms with Gasteiger partial charge in [-0.2, -0.15) is 0 Å². The van der Waals surface area contributed by atoms with Crippen molar-refractivity contribution < 1.29 is 19.2 Å². The van der Waals surface area contributed by atoms with Crippen LogP contribution in [-0.4, -0.2) is 23.1 Å². The third kappa shape index (κ3) is 1.56. The van der Waals surface area contributed by atoms with Crippen LogP contribution in [0.25, 0.3) is 0 Å². The van der Waals surface area contributed by atoms with Crippen molar-refractivity contribution in [3.8, 4) is 0 Å². The van der Waals surface area contributed by atoms with Crippen LogP contribution in [-0.2, 0) is 19.2 Å². The Bertz CT molecular complexity index is 275. The van der Waals surface area contributed by atoms with E-state index in [2.05, 4.69) is 0 Å². The zero-order valence-corrected chi connectivity index (χ0v) is 7.49. The number of carbonyl (C=O) groups excluding carboxylic acids is 4. The molecule has 0 aromatic carbocycles. The zero-order valence-electron chi connectivity index (χ0n) is 7.49. The molecule has 4 heteroatoms. The first-order valence-electron chi connectivity index (χ1n) is 4.09. The highest BCUT2D eigenvalue weighted by Crippen LogP contribution is 2.20. The van der Waals surface area contributed by atoms with E-state index in [4.69, 9.17) is 0 Å². The van der Waals surface area contributed by atoms with Gasteiger partial charge in [0.15, 0.2) is 0 Å². The average Bonchev–Trinajstić information content (AvgIpc) is 2.01. The highest BCUT2D eigenvalue weighted by atomic mass is 16.2. The van der Waals surface area contributed by atoms with E-state index in [1.54, 1.807) is 13.8 Å². The van der Waals surface area contributed by atoms with Crippen LogP contribution in [0.4, 0.5) is 0 Å². The normalized spacial score (nSPS) is 20.2. The van der Waals surface area contributed by atoms with Crippen molar-refractivity contribution in [3.05, 3.63) is 0 Å². The second-order valence-corrected chi connectivity index (χ2v) is 3.47. The molecule has 1 rings (SSSR count). The topological polar surface area (TPSA) is 68.3 Å². The van der Waals surface area contributed by atoms with Gasteiger partial charge in [0.1, 0.15) is 0 Å². The first-order chi connectivity index (χ1) is 5.95. The fourth-order valence-corrected chi connectivity index (χ4v) is 1.39. The number of hydrogen-bond donors (Lipinski definition) is 0. The van der Waals surface area contributed by atoms with E-state index in [9.17, 15) is 19.2 Å². The molecule has 0 atom stereocenters. The quantitative estimate of drug-likeness (QED) is 0.420. The Labute approximate surface area is 75.3 Å². The van der Waals surface area contributed by atoms with Crippen molar-refractivity contribution in [2.45, 2.75) is 20.3 Å². The van der Waals surface area contributed by atoms with E-state index in [-0.39, 0.29) is 5.92 Å². The monoisotopic (exact) mass is 182 g/mol. The molecule has 1 fully saturated rings. The SMILES string of the molecule is CC(C)C1C(=O)C(=O)CC(=O)C1=O. The first-order valence-corrected chi connectivity index (χ1v) is 4.09. The van der Waals surface area contributed by atoms with Gasteiger partial charge in [-0.05, 0) is 5.92 Å². The summed E-state index contributed by atoms with van der Waals surface area (Å²) in [6, 6.07) is 0. The summed E-state index contributed by atoms with van der Waals surface area (Å²) in [5.74, 6) is -4.20. The molecule has 0 amide bonds. The molecule has 0 aromatic heterocycles. The van der Waals surface area contributed by atoms with Gasteiger partial charge in [0.05, 0.1) is 12.3 Å². The van der Waals surface area contributed by atoms with Gasteiger partial charge in [-0.3, -0.25) is 19.2 Å². The molecule has 0 heterocycles. The van der Waals surface area contributed by atoms with E-state index in [1.165, 1.54) is 0 Å². The maximum Gasteiger partial charge on any atom is 0.210 e. The number of hydrogen-bond acceptors (Lipinski definition) is 4. The molecule has 0 unspecified atom stereocenters. The van der Waals surface area contributed by atoms with Crippen molar-refractivity contribution in [2.75, 3.05) is 0 Å². The summed E-state index contributed by atoms with van der Waals surface area (Å²) in [4.78, 5) is 44.3. The summed E-state index contributed by atoms with van der Waals surface area (Å²) >= 11 is 0. The van der Waals surface area contributed by atoms with Crippen LogP contribution in [0.5, 0.6) is 0 Å². The smallest absolute Gasteiger partial charge is 0.210 e. The summed E-state index contributed by atoms with van der Waals surface area (Å²) in [6.07, 6.45) is -0.541. The van der Waals surface area contributed by atoms with E-state index in [0.717, 1.165) is 0 Å². The Hall–Kier alpha value is -1.32. The highest BCUT2D eigenvalue weighted by molar-refractivity contribution is 6.59. The van der Waals surface area contributed by atoms with Crippen LogP contribution in [0.15, 0.2) is 0 Å². The molecule has 70 valence electrons. The van der Waals surface area contributed by atoms with Gasteiger partial charge in [0.2, 0.25) is 23.1 Å². The maximum atomic E-state index is 11.2. The summed E-state index contributed by atoms with van der Waals surface area (Å²) in [6.45, 7) is 3.29. The van der Waals surface area contributed by atoms with Crippen molar-refractivity contribution in [3.63, 3.8) is 0 Å². The van der Waals surface area contributed by atoms with Crippen molar-refractivity contribution in [1.82, 2.24) is 0 Å². The lowest BCUT2D eigenvalue weighted by atomic mass is 9.78. The second kappa shape index (κ2) is 3.20. The Kier molecular flexibility index (Phi) is 2.40. The summed E-state index contributed by atoms with van der Waals surface area (Å²) in [7, 11) is 0. The minimum absolute atomic E-state index is 0.284. The van der Waals surface area contributed by atoms with Gasteiger partial charge in [-0.15, -0.1) is 0 Å². The van der Waals surface area contributed by atoms with E-state index in [0.29, 0.717) is 0 Å². The van der Waals surface area contributed by atoms with Crippen LogP contribution >= 0.6 is 0 Å². The van der Waals surface area contributed by atoms with Crippen molar-refractivity contribution in [2.24, 2.45) is 11.8 Å². The van der Waals surface area contributed by atoms with Crippen LogP contribution in [0.3, 0.4) is 0 Å². The van der Waals surface area contributed by atoms with Crippen LogP contribution in [0.2, 0.25) is 0 Å². The van der Waals surface area contributed by atoms with Gasteiger partial charge in [0, 0.05) is 0 Å². The van der Waals surface area contributed by atoms with Crippen LogP contribution in [0.1, 0.15) is 20.3 Å². The Morgan fingerprint density at radius 2 is 1.38 bits per heavy atom. The number of ketones is 4. The summed E-state index contributed by atoms with van der Waals surface area (Å²) < 4.78 is 0. The average molecular weight is 182 g/mol. The lowest BCUT2D eigenvalue weighted by Gasteiger charge is -2.20. The molecule has 4 nitrogen and oxygen atoms in total. The van der Waals surface area contributed by atoms with Crippen LogP contribution in [0, 0.1) is 11.8 Å². The van der Waals surface area contributed by atoms with Crippen molar-refractivity contribution >= 4 is 23.1 Å². The molecule has 1 aliphatic carbocycles. The number of carbonyl (C=O) groups is 4. The molecule has 1 saturated carbocycles. The first kappa shape index (κ1) is 9.77. The molecule has 0 aromatic rings. The molecule has 0 saturated heterocycles. The molecule has 0 spiro atoms. The summed E-state index contributed by atoms with van der Waals surface area (Å²) in [5, 5.41) is 0. The fraction of sp³-hybridized carbons (Fsp3) is 0.556. The predicted molar refractivity (Wildman–Crippen MR) is 43.0 cm³/mol. The lowest BCUT2D eigenvalue weighted by Crippen LogP contribution is -2.44. The maximum absolute atomic E-state index is 11.2. The Morgan fingerprint density at radius 1 is 1.00 bits per heavy atom. The standard InChI is InChI=1S/C9H10O4/c1-4(2)7-8(12)5(10)3-6(11)9(7)13/h4,7H,3H2,1-2H3. The Morgan fingerprint density at radius 3 is 1.69 bits per heavy atom. The van der Waals surface area contributed by atoms with Gasteiger partial charge in [0.25, 0.3) is 0 Å². The van der Waals surface area contributed by atoms with E-state index < -0.39 is 35.5 Å².